The third kappa shape index (κ3) is 4.59. The van der Waals surface area contributed by atoms with Crippen molar-refractivity contribution in [3.05, 3.63) is 29.8 Å². The number of hydrogen-bond acceptors (Lipinski definition) is 2. The number of aryl methyl sites for hydroxylation is 1. The van der Waals surface area contributed by atoms with Crippen LogP contribution in [-0.4, -0.2) is 19.5 Å². The van der Waals surface area contributed by atoms with Gasteiger partial charge in [-0.15, -0.1) is 0 Å². The molecular weight excluding hydrogens is 336 g/mol. The molecule has 0 aromatic heterocycles. The van der Waals surface area contributed by atoms with Crippen LogP contribution in [0.5, 0.6) is 0 Å². The zero-order valence-corrected chi connectivity index (χ0v) is 15.1. The van der Waals surface area contributed by atoms with Crippen LogP contribution in [0.2, 0.25) is 0 Å². The molecular formula is C16H25BrO2S. The smallest absolute Gasteiger partial charge is 0.178 e. The average Bonchev–Trinajstić information content (AvgIpc) is 2.39. The third-order valence-corrected chi connectivity index (χ3v) is 6.84. The van der Waals surface area contributed by atoms with Crippen molar-refractivity contribution in [2.24, 2.45) is 5.41 Å². The van der Waals surface area contributed by atoms with E-state index in [1.807, 2.05) is 19.1 Å². The van der Waals surface area contributed by atoms with Crippen molar-refractivity contribution >= 4 is 25.8 Å². The third-order valence-electron chi connectivity index (χ3n) is 3.69. The Bertz CT molecular complexity index is 517. The summed E-state index contributed by atoms with van der Waals surface area (Å²) in [4.78, 5) is 0.454. The number of hydrogen-bond donors (Lipinski definition) is 0. The molecule has 0 N–H and O–H groups in total. The van der Waals surface area contributed by atoms with Crippen LogP contribution in [0.15, 0.2) is 29.2 Å². The lowest BCUT2D eigenvalue weighted by molar-refractivity contribution is 0.314. The lowest BCUT2D eigenvalue weighted by Gasteiger charge is -2.31. The fourth-order valence-electron chi connectivity index (χ4n) is 2.80. The Hall–Kier alpha value is -0.350. The van der Waals surface area contributed by atoms with Crippen molar-refractivity contribution in [1.82, 2.24) is 0 Å². The minimum atomic E-state index is -3.23. The quantitative estimate of drug-likeness (QED) is 0.626. The van der Waals surface area contributed by atoms with Gasteiger partial charge in [-0.2, -0.15) is 0 Å². The summed E-state index contributed by atoms with van der Waals surface area (Å²) >= 11 is 3.55. The van der Waals surface area contributed by atoms with Crippen LogP contribution in [0.4, 0.5) is 0 Å². The number of benzene rings is 1. The van der Waals surface area contributed by atoms with E-state index in [4.69, 9.17) is 0 Å². The molecule has 20 heavy (non-hydrogen) atoms. The SMILES string of the molecule is CCCC(CBr)(CCC)CS(=O)(=O)c1cccc(C)c1. The van der Waals surface area contributed by atoms with E-state index >= 15 is 0 Å². The van der Waals surface area contributed by atoms with Gasteiger partial charge in [0.2, 0.25) is 0 Å². The maximum absolute atomic E-state index is 12.7. The van der Waals surface area contributed by atoms with Crippen LogP contribution in [0.3, 0.4) is 0 Å². The Labute approximate surface area is 132 Å². The Morgan fingerprint density at radius 2 is 1.75 bits per heavy atom. The molecule has 1 rings (SSSR count). The van der Waals surface area contributed by atoms with Crippen LogP contribution in [-0.2, 0) is 9.84 Å². The van der Waals surface area contributed by atoms with E-state index in [-0.39, 0.29) is 11.2 Å². The fourth-order valence-corrected chi connectivity index (χ4v) is 5.83. The number of alkyl halides is 1. The second-order valence-electron chi connectivity index (χ2n) is 5.71. The molecule has 0 bridgehead atoms. The van der Waals surface area contributed by atoms with Crippen LogP contribution < -0.4 is 0 Å². The topological polar surface area (TPSA) is 34.1 Å². The molecule has 0 unspecified atom stereocenters. The molecule has 0 atom stereocenters. The molecule has 0 aliphatic carbocycles. The van der Waals surface area contributed by atoms with E-state index in [2.05, 4.69) is 29.8 Å². The van der Waals surface area contributed by atoms with E-state index in [9.17, 15) is 8.42 Å². The highest BCUT2D eigenvalue weighted by molar-refractivity contribution is 9.09. The normalized spacial score (nSPS) is 12.6. The van der Waals surface area contributed by atoms with Gasteiger partial charge in [0.15, 0.2) is 9.84 Å². The highest BCUT2D eigenvalue weighted by Gasteiger charge is 2.33. The molecule has 0 aliphatic rings. The minimum Gasteiger partial charge on any atom is -0.224 e. The van der Waals surface area contributed by atoms with Gasteiger partial charge in [-0.25, -0.2) is 8.42 Å². The molecule has 114 valence electrons. The van der Waals surface area contributed by atoms with Gasteiger partial charge in [0.1, 0.15) is 0 Å². The van der Waals surface area contributed by atoms with Crippen molar-refractivity contribution in [3.63, 3.8) is 0 Å². The molecule has 0 amide bonds. The Balaban J connectivity index is 3.08. The van der Waals surface area contributed by atoms with Crippen molar-refractivity contribution in [3.8, 4) is 0 Å². The predicted molar refractivity (Wildman–Crippen MR) is 89.3 cm³/mol. The first-order valence-corrected chi connectivity index (χ1v) is 10.0. The van der Waals surface area contributed by atoms with Crippen LogP contribution in [0.1, 0.15) is 45.1 Å². The van der Waals surface area contributed by atoms with E-state index < -0.39 is 9.84 Å². The zero-order chi connectivity index (χ0) is 15.2. The van der Waals surface area contributed by atoms with E-state index in [0.717, 1.165) is 36.6 Å². The fraction of sp³-hybridized carbons (Fsp3) is 0.625. The summed E-state index contributed by atoms with van der Waals surface area (Å²) in [6.45, 7) is 6.16. The monoisotopic (exact) mass is 360 g/mol. The first kappa shape index (κ1) is 17.7. The lowest BCUT2D eigenvalue weighted by atomic mass is 9.83. The number of sulfone groups is 1. The summed E-state index contributed by atoms with van der Waals surface area (Å²) < 4.78 is 25.4. The van der Waals surface area contributed by atoms with Gasteiger partial charge in [0.25, 0.3) is 0 Å². The summed E-state index contributed by atoms with van der Waals surface area (Å²) in [6, 6.07) is 7.22. The first-order valence-electron chi connectivity index (χ1n) is 7.24. The van der Waals surface area contributed by atoms with Gasteiger partial charge in [-0.3, -0.25) is 0 Å². The summed E-state index contributed by atoms with van der Waals surface area (Å²) in [7, 11) is -3.23. The molecule has 0 spiro atoms. The standard InChI is InChI=1S/C16H25BrO2S/c1-4-9-16(12-17,10-5-2)13-20(18,19)15-8-6-7-14(3)11-15/h6-8,11H,4-5,9-10,12-13H2,1-3H3. The number of halogens is 1. The predicted octanol–water partition coefficient (Wildman–Crippen LogP) is 4.75. The summed E-state index contributed by atoms with van der Waals surface area (Å²) in [5.41, 5.74) is 0.841. The van der Waals surface area contributed by atoms with E-state index in [1.165, 1.54) is 0 Å². The van der Waals surface area contributed by atoms with Crippen LogP contribution in [0, 0.1) is 12.3 Å². The molecule has 0 fully saturated rings. The maximum Gasteiger partial charge on any atom is 0.178 e. The van der Waals surface area contributed by atoms with Gasteiger partial charge in [-0.1, -0.05) is 54.8 Å². The molecule has 0 saturated heterocycles. The Morgan fingerprint density at radius 1 is 1.15 bits per heavy atom. The van der Waals surface area contributed by atoms with Gasteiger partial charge in [-0.05, 0) is 42.9 Å². The second kappa shape index (κ2) is 7.60. The van der Waals surface area contributed by atoms with Gasteiger partial charge >= 0.3 is 0 Å². The van der Waals surface area contributed by atoms with Crippen LogP contribution >= 0.6 is 15.9 Å². The molecule has 1 aromatic rings. The van der Waals surface area contributed by atoms with E-state index in [1.54, 1.807) is 12.1 Å². The highest BCUT2D eigenvalue weighted by Crippen LogP contribution is 2.35. The van der Waals surface area contributed by atoms with Gasteiger partial charge in [0.05, 0.1) is 10.6 Å². The summed E-state index contributed by atoms with van der Waals surface area (Å²) in [6.07, 6.45) is 3.90. The number of rotatable bonds is 8. The molecule has 0 radical (unpaired) electrons. The maximum atomic E-state index is 12.7. The molecule has 4 heteroatoms. The molecule has 0 aliphatic heterocycles. The summed E-state index contributed by atoms with van der Waals surface area (Å²) in [5.74, 6) is 0.233. The molecule has 2 nitrogen and oxygen atoms in total. The first-order chi connectivity index (χ1) is 9.39. The molecule has 0 heterocycles. The summed E-state index contributed by atoms with van der Waals surface area (Å²) in [5, 5.41) is 0.743. The second-order valence-corrected chi connectivity index (χ2v) is 8.26. The lowest BCUT2D eigenvalue weighted by Crippen LogP contribution is -2.32. The van der Waals surface area contributed by atoms with Crippen molar-refractivity contribution < 1.29 is 8.42 Å². The van der Waals surface area contributed by atoms with Crippen molar-refractivity contribution in [1.29, 1.82) is 0 Å². The van der Waals surface area contributed by atoms with Gasteiger partial charge in [0, 0.05) is 5.33 Å². The molecule has 0 saturated carbocycles. The Morgan fingerprint density at radius 3 is 2.20 bits per heavy atom. The van der Waals surface area contributed by atoms with Crippen molar-refractivity contribution in [2.45, 2.75) is 51.3 Å². The average molecular weight is 361 g/mol. The minimum absolute atomic E-state index is 0.147. The van der Waals surface area contributed by atoms with E-state index in [0.29, 0.717) is 4.90 Å². The Kier molecular flexibility index (Phi) is 6.73. The highest BCUT2D eigenvalue weighted by atomic mass is 79.9. The largest absolute Gasteiger partial charge is 0.224 e. The molecule has 1 aromatic carbocycles. The zero-order valence-electron chi connectivity index (χ0n) is 12.7. The van der Waals surface area contributed by atoms with Crippen molar-refractivity contribution in [2.75, 3.05) is 11.1 Å². The van der Waals surface area contributed by atoms with Gasteiger partial charge < -0.3 is 0 Å². The van der Waals surface area contributed by atoms with Crippen LogP contribution in [0.25, 0.3) is 0 Å².